The van der Waals surface area contributed by atoms with E-state index in [1.807, 2.05) is 30.3 Å². The van der Waals surface area contributed by atoms with Gasteiger partial charge in [-0.25, -0.2) is 9.97 Å². The molecule has 0 spiro atoms. The fourth-order valence-corrected chi connectivity index (χ4v) is 9.28. The van der Waals surface area contributed by atoms with Crippen molar-refractivity contribution in [1.82, 2.24) is 9.97 Å². The molecule has 0 aliphatic heterocycles. The van der Waals surface area contributed by atoms with Crippen LogP contribution in [0.5, 0.6) is 0 Å². The third-order valence-electron chi connectivity index (χ3n) is 12.1. The summed E-state index contributed by atoms with van der Waals surface area (Å²) < 4.78 is 6.57. The maximum Gasteiger partial charge on any atom is 0.160 e. The van der Waals surface area contributed by atoms with Gasteiger partial charge in [-0.15, -0.1) is 0 Å². The molecule has 2 heterocycles. The summed E-state index contributed by atoms with van der Waals surface area (Å²) in [6.07, 6.45) is 0. The Balaban J connectivity index is 1.08. The first kappa shape index (κ1) is 34.9. The molecular formula is C58H36N2O. The van der Waals surface area contributed by atoms with Crippen molar-refractivity contribution in [2.45, 2.75) is 0 Å². The van der Waals surface area contributed by atoms with E-state index in [4.69, 9.17) is 14.4 Å². The number of aromatic nitrogens is 2. The van der Waals surface area contributed by atoms with E-state index in [0.29, 0.717) is 5.82 Å². The molecule has 0 radical (unpaired) electrons. The molecule has 0 aliphatic rings. The van der Waals surface area contributed by atoms with Crippen LogP contribution in [0.4, 0.5) is 0 Å². The van der Waals surface area contributed by atoms with Gasteiger partial charge in [0.1, 0.15) is 11.2 Å². The van der Waals surface area contributed by atoms with Crippen LogP contribution in [0, 0.1) is 0 Å². The van der Waals surface area contributed by atoms with Gasteiger partial charge >= 0.3 is 0 Å². The predicted octanol–water partition coefficient (Wildman–Crippen LogP) is 15.8. The zero-order chi connectivity index (χ0) is 40.3. The zero-order valence-electron chi connectivity index (χ0n) is 33.1. The van der Waals surface area contributed by atoms with Crippen molar-refractivity contribution in [2.75, 3.05) is 0 Å². The molecule has 10 aromatic carbocycles. The highest BCUT2D eigenvalue weighted by Gasteiger charge is 2.22. The van der Waals surface area contributed by atoms with Gasteiger partial charge in [0.15, 0.2) is 5.82 Å². The largest absolute Gasteiger partial charge is 0.456 e. The molecule has 0 N–H and O–H groups in total. The lowest BCUT2D eigenvalue weighted by Crippen LogP contribution is -1.97. The average Bonchev–Trinajstić information content (AvgIpc) is 3.73. The van der Waals surface area contributed by atoms with Gasteiger partial charge in [-0.1, -0.05) is 182 Å². The number of hydrogen-bond acceptors (Lipinski definition) is 3. The average molecular weight is 777 g/mol. The van der Waals surface area contributed by atoms with Crippen molar-refractivity contribution < 1.29 is 4.42 Å². The topological polar surface area (TPSA) is 38.9 Å². The lowest BCUT2D eigenvalue weighted by Gasteiger charge is -2.17. The number of benzene rings is 10. The molecule has 0 aliphatic carbocycles. The van der Waals surface area contributed by atoms with Crippen LogP contribution in [0.2, 0.25) is 0 Å². The molecule has 12 aromatic rings. The molecular weight excluding hydrogens is 741 g/mol. The van der Waals surface area contributed by atoms with E-state index in [-0.39, 0.29) is 0 Å². The molecule has 0 saturated heterocycles. The third-order valence-corrected chi connectivity index (χ3v) is 12.1. The van der Waals surface area contributed by atoms with Crippen LogP contribution in [-0.2, 0) is 0 Å². The second-order valence-electron chi connectivity index (χ2n) is 15.6. The Morgan fingerprint density at radius 1 is 0.279 bits per heavy atom. The van der Waals surface area contributed by atoms with Crippen molar-refractivity contribution in [3.63, 3.8) is 0 Å². The van der Waals surface area contributed by atoms with Crippen LogP contribution in [-0.4, -0.2) is 9.97 Å². The van der Waals surface area contributed by atoms with E-state index in [0.717, 1.165) is 77.8 Å². The zero-order valence-corrected chi connectivity index (χ0v) is 33.1. The summed E-state index contributed by atoms with van der Waals surface area (Å²) in [5.74, 6) is 0.687. The minimum absolute atomic E-state index is 0.687. The van der Waals surface area contributed by atoms with Gasteiger partial charge in [-0.2, -0.15) is 0 Å². The SMILES string of the molecule is c1ccc(-c2cc(-c3ccccc3-c3ccc4oc5ccccc5c4c3-c3cccc(-c4ccc5c6ccccc6c6ccccc6c5c4)c3)nc(-c3ccccc3)n2)cc1. The minimum atomic E-state index is 0.687. The second-order valence-corrected chi connectivity index (χ2v) is 15.6. The predicted molar refractivity (Wildman–Crippen MR) is 254 cm³/mol. The third kappa shape index (κ3) is 5.90. The van der Waals surface area contributed by atoms with Crippen molar-refractivity contribution in [2.24, 2.45) is 0 Å². The van der Waals surface area contributed by atoms with E-state index in [1.165, 1.54) is 37.9 Å². The van der Waals surface area contributed by atoms with Gasteiger partial charge in [0.2, 0.25) is 0 Å². The highest BCUT2D eigenvalue weighted by molar-refractivity contribution is 6.26. The molecule has 284 valence electrons. The molecule has 2 aromatic heterocycles. The minimum Gasteiger partial charge on any atom is -0.456 e. The summed E-state index contributed by atoms with van der Waals surface area (Å²) >= 11 is 0. The molecule has 0 amide bonds. The van der Waals surface area contributed by atoms with Gasteiger partial charge in [0.25, 0.3) is 0 Å². The number of nitrogens with zero attached hydrogens (tertiary/aromatic N) is 2. The Bertz CT molecular complexity index is 3550. The number of hydrogen-bond donors (Lipinski definition) is 0. The van der Waals surface area contributed by atoms with Gasteiger partial charge in [0, 0.05) is 33.0 Å². The second kappa shape index (κ2) is 14.3. The summed E-state index contributed by atoms with van der Waals surface area (Å²) in [6.45, 7) is 0. The number of fused-ring (bicyclic) bond motifs is 9. The van der Waals surface area contributed by atoms with Crippen molar-refractivity contribution in [3.8, 4) is 67.3 Å². The summed E-state index contributed by atoms with van der Waals surface area (Å²) in [5, 5.41) is 9.78. The lowest BCUT2D eigenvalue weighted by atomic mass is 9.86. The van der Waals surface area contributed by atoms with Crippen LogP contribution >= 0.6 is 0 Å². The van der Waals surface area contributed by atoms with Crippen LogP contribution in [0.3, 0.4) is 0 Å². The van der Waals surface area contributed by atoms with Crippen molar-refractivity contribution in [3.05, 3.63) is 218 Å². The first-order chi connectivity index (χ1) is 30.2. The van der Waals surface area contributed by atoms with Crippen LogP contribution in [0.1, 0.15) is 0 Å². The Hall–Kier alpha value is -8.14. The van der Waals surface area contributed by atoms with Crippen LogP contribution in [0.15, 0.2) is 223 Å². The van der Waals surface area contributed by atoms with E-state index >= 15 is 0 Å². The summed E-state index contributed by atoms with van der Waals surface area (Å²) in [4.78, 5) is 10.4. The molecule has 0 atom stereocenters. The van der Waals surface area contributed by atoms with Gasteiger partial charge in [-0.05, 0) is 96.5 Å². The highest BCUT2D eigenvalue weighted by atomic mass is 16.3. The molecule has 0 saturated carbocycles. The normalized spacial score (nSPS) is 11.6. The van der Waals surface area contributed by atoms with Gasteiger partial charge < -0.3 is 4.42 Å². The molecule has 0 unspecified atom stereocenters. The van der Waals surface area contributed by atoms with Crippen LogP contribution in [0.25, 0.3) is 122 Å². The standard InChI is InChI=1S/C58H36N2O/c1-3-16-37(17-4-1)52-36-53(60-58(59-52)38-18-5-2-6-19-38)48-27-12-11-26-46(48)49-32-33-55-57(50-28-13-14-29-54(50)61-55)56(49)41-21-15-20-39(34-41)40-30-31-47-44-24-8-7-22-42(44)43-23-9-10-25-45(43)51(47)35-40/h1-36H. The smallest absolute Gasteiger partial charge is 0.160 e. The maximum absolute atomic E-state index is 6.57. The fraction of sp³-hybridized carbons (Fsp3) is 0. The van der Waals surface area contributed by atoms with E-state index in [9.17, 15) is 0 Å². The summed E-state index contributed by atoms with van der Waals surface area (Å²) in [5.41, 5.74) is 13.2. The monoisotopic (exact) mass is 776 g/mol. The molecule has 12 rings (SSSR count). The Morgan fingerprint density at radius 3 is 1.56 bits per heavy atom. The van der Waals surface area contributed by atoms with Gasteiger partial charge in [-0.3, -0.25) is 0 Å². The summed E-state index contributed by atoms with van der Waals surface area (Å²) in [6, 6.07) is 77.5. The molecule has 3 nitrogen and oxygen atoms in total. The molecule has 0 fully saturated rings. The first-order valence-electron chi connectivity index (χ1n) is 20.7. The fourth-order valence-electron chi connectivity index (χ4n) is 9.28. The van der Waals surface area contributed by atoms with E-state index < -0.39 is 0 Å². The molecule has 3 heteroatoms. The maximum atomic E-state index is 6.57. The first-order valence-corrected chi connectivity index (χ1v) is 20.7. The summed E-state index contributed by atoms with van der Waals surface area (Å²) in [7, 11) is 0. The van der Waals surface area contributed by atoms with Crippen LogP contribution < -0.4 is 0 Å². The van der Waals surface area contributed by atoms with Gasteiger partial charge in [0.05, 0.1) is 11.4 Å². The number of para-hydroxylation sites is 1. The number of furan rings is 1. The quantitative estimate of drug-likeness (QED) is 0.158. The highest BCUT2D eigenvalue weighted by Crippen LogP contribution is 2.46. The van der Waals surface area contributed by atoms with E-state index in [1.54, 1.807) is 0 Å². The Morgan fingerprint density at radius 2 is 0.820 bits per heavy atom. The molecule has 0 bridgehead atoms. The van der Waals surface area contributed by atoms with Crippen molar-refractivity contribution in [1.29, 1.82) is 0 Å². The number of rotatable bonds is 6. The lowest BCUT2D eigenvalue weighted by molar-refractivity contribution is 0.669. The van der Waals surface area contributed by atoms with E-state index in [2.05, 4.69) is 188 Å². The Kier molecular flexibility index (Phi) is 8.17. The van der Waals surface area contributed by atoms with Crippen molar-refractivity contribution >= 4 is 54.3 Å². The molecule has 61 heavy (non-hydrogen) atoms. The Labute approximate surface area is 352 Å².